The van der Waals surface area contributed by atoms with Gasteiger partial charge >= 0.3 is 5.97 Å². The van der Waals surface area contributed by atoms with Crippen LogP contribution < -0.4 is 5.32 Å². The molecule has 0 heterocycles. The molecule has 0 bridgehead atoms. The van der Waals surface area contributed by atoms with E-state index in [9.17, 15) is 4.79 Å². The van der Waals surface area contributed by atoms with Crippen molar-refractivity contribution in [3.8, 4) is 0 Å². The standard InChI is InChI=1S/C16H25NO3/c1-13(9-17-11-16(2,3)12-18)15(19)20-10-14-7-5-4-6-8-14/h4-8,13,17-18H,9-12H2,1-3H3. The van der Waals surface area contributed by atoms with Gasteiger partial charge in [0.15, 0.2) is 0 Å². The van der Waals surface area contributed by atoms with E-state index in [1.54, 1.807) is 0 Å². The van der Waals surface area contributed by atoms with Crippen LogP contribution in [-0.4, -0.2) is 30.8 Å². The van der Waals surface area contributed by atoms with E-state index in [1.165, 1.54) is 0 Å². The van der Waals surface area contributed by atoms with Crippen molar-refractivity contribution in [2.75, 3.05) is 19.7 Å². The fraction of sp³-hybridized carbons (Fsp3) is 0.562. The number of rotatable bonds is 8. The van der Waals surface area contributed by atoms with Gasteiger partial charge in [-0.15, -0.1) is 0 Å². The van der Waals surface area contributed by atoms with Crippen molar-refractivity contribution in [2.24, 2.45) is 11.3 Å². The number of carbonyl (C=O) groups is 1. The first-order chi connectivity index (χ1) is 9.44. The van der Waals surface area contributed by atoms with Gasteiger partial charge in [0.2, 0.25) is 0 Å². The lowest BCUT2D eigenvalue weighted by atomic mass is 9.95. The molecule has 0 aromatic heterocycles. The van der Waals surface area contributed by atoms with Crippen LogP contribution in [0.15, 0.2) is 30.3 Å². The fourth-order valence-electron chi connectivity index (χ4n) is 1.64. The van der Waals surface area contributed by atoms with E-state index in [-0.39, 0.29) is 23.9 Å². The number of esters is 1. The van der Waals surface area contributed by atoms with Crippen LogP contribution in [0.3, 0.4) is 0 Å². The Labute approximate surface area is 121 Å². The van der Waals surface area contributed by atoms with Crippen LogP contribution in [-0.2, 0) is 16.1 Å². The molecule has 1 unspecified atom stereocenters. The Morgan fingerprint density at radius 3 is 2.60 bits per heavy atom. The van der Waals surface area contributed by atoms with Gasteiger partial charge in [-0.1, -0.05) is 51.1 Å². The van der Waals surface area contributed by atoms with Crippen LogP contribution in [0.5, 0.6) is 0 Å². The summed E-state index contributed by atoms with van der Waals surface area (Å²) >= 11 is 0. The van der Waals surface area contributed by atoms with Gasteiger partial charge in [-0.05, 0) is 5.56 Å². The minimum absolute atomic E-state index is 0.118. The summed E-state index contributed by atoms with van der Waals surface area (Å²) in [7, 11) is 0. The van der Waals surface area contributed by atoms with E-state index < -0.39 is 0 Å². The van der Waals surface area contributed by atoms with Crippen LogP contribution in [0.1, 0.15) is 26.3 Å². The van der Waals surface area contributed by atoms with E-state index in [0.29, 0.717) is 19.7 Å². The normalized spacial score (nSPS) is 13.0. The van der Waals surface area contributed by atoms with Crippen LogP contribution in [0.4, 0.5) is 0 Å². The molecule has 0 radical (unpaired) electrons. The molecule has 0 fully saturated rings. The highest BCUT2D eigenvalue weighted by molar-refractivity contribution is 5.72. The molecule has 1 atom stereocenters. The average molecular weight is 279 g/mol. The molecule has 1 aromatic carbocycles. The summed E-state index contributed by atoms with van der Waals surface area (Å²) in [5.41, 5.74) is 0.815. The van der Waals surface area contributed by atoms with Crippen molar-refractivity contribution in [2.45, 2.75) is 27.4 Å². The van der Waals surface area contributed by atoms with Crippen molar-refractivity contribution in [1.82, 2.24) is 5.32 Å². The number of nitrogens with one attached hydrogen (secondary N) is 1. The molecular formula is C16H25NO3. The summed E-state index contributed by atoms with van der Waals surface area (Å²) in [6.07, 6.45) is 0. The molecular weight excluding hydrogens is 254 g/mol. The molecule has 2 N–H and O–H groups in total. The minimum Gasteiger partial charge on any atom is -0.461 e. The molecule has 0 aliphatic heterocycles. The molecule has 0 saturated carbocycles. The number of hydrogen-bond donors (Lipinski definition) is 2. The maximum absolute atomic E-state index is 11.8. The van der Waals surface area contributed by atoms with Crippen molar-refractivity contribution >= 4 is 5.97 Å². The van der Waals surface area contributed by atoms with E-state index in [4.69, 9.17) is 9.84 Å². The summed E-state index contributed by atoms with van der Waals surface area (Å²) in [4.78, 5) is 11.8. The summed E-state index contributed by atoms with van der Waals surface area (Å²) in [5.74, 6) is -0.406. The first-order valence-electron chi connectivity index (χ1n) is 6.97. The lowest BCUT2D eigenvalue weighted by Crippen LogP contribution is -2.36. The Morgan fingerprint density at radius 2 is 2.00 bits per heavy atom. The second-order valence-corrected chi connectivity index (χ2v) is 5.95. The predicted molar refractivity (Wildman–Crippen MR) is 79.1 cm³/mol. The summed E-state index contributed by atoms with van der Waals surface area (Å²) in [5, 5.41) is 12.3. The molecule has 0 spiro atoms. The highest BCUT2D eigenvalue weighted by Gasteiger charge is 2.18. The zero-order chi connectivity index (χ0) is 15.0. The highest BCUT2D eigenvalue weighted by Crippen LogP contribution is 2.11. The molecule has 0 amide bonds. The van der Waals surface area contributed by atoms with Gasteiger partial charge in [0.05, 0.1) is 5.92 Å². The maximum Gasteiger partial charge on any atom is 0.310 e. The summed E-state index contributed by atoms with van der Waals surface area (Å²) in [6, 6.07) is 9.64. The molecule has 1 rings (SSSR count). The SMILES string of the molecule is CC(CNCC(C)(C)CO)C(=O)OCc1ccccc1. The first kappa shape index (κ1) is 16.7. The van der Waals surface area contributed by atoms with E-state index >= 15 is 0 Å². The summed E-state index contributed by atoms with van der Waals surface area (Å²) < 4.78 is 5.27. The molecule has 0 aliphatic rings. The van der Waals surface area contributed by atoms with E-state index in [2.05, 4.69) is 5.32 Å². The number of aliphatic hydroxyl groups excluding tert-OH is 1. The lowest BCUT2D eigenvalue weighted by Gasteiger charge is -2.23. The van der Waals surface area contributed by atoms with Crippen LogP contribution in [0.2, 0.25) is 0 Å². The minimum atomic E-state index is -0.205. The van der Waals surface area contributed by atoms with E-state index in [0.717, 1.165) is 5.56 Å². The monoisotopic (exact) mass is 279 g/mol. The van der Waals surface area contributed by atoms with Crippen molar-refractivity contribution < 1.29 is 14.6 Å². The van der Waals surface area contributed by atoms with Crippen molar-refractivity contribution in [3.63, 3.8) is 0 Å². The van der Waals surface area contributed by atoms with E-state index in [1.807, 2.05) is 51.1 Å². The van der Waals surface area contributed by atoms with Gasteiger partial charge in [-0.2, -0.15) is 0 Å². The Hall–Kier alpha value is -1.39. The second-order valence-electron chi connectivity index (χ2n) is 5.95. The Balaban J connectivity index is 2.26. The number of benzene rings is 1. The number of aliphatic hydroxyl groups is 1. The molecule has 20 heavy (non-hydrogen) atoms. The molecule has 4 nitrogen and oxygen atoms in total. The maximum atomic E-state index is 11.8. The van der Waals surface area contributed by atoms with Gasteiger partial charge in [0.1, 0.15) is 6.61 Å². The Bertz CT molecular complexity index is 403. The van der Waals surface area contributed by atoms with Gasteiger partial charge in [0.25, 0.3) is 0 Å². The van der Waals surface area contributed by atoms with Crippen LogP contribution in [0, 0.1) is 11.3 Å². The quantitative estimate of drug-likeness (QED) is 0.714. The zero-order valence-corrected chi connectivity index (χ0v) is 12.6. The molecule has 4 heteroatoms. The molecule has 0 aliphatic carbocycles. The summed E-state index contributed by atoms with van der Waals surface area (Å²) in [6.45, 7) is 7.43. The largest absolute Gasteiger partial charge is 0.461 e. The zero-order valence-electron chi connectivity index (χ0n) is 12.6. The van der Waals surface area contributed by atoms with Crippen LogP contribution >= 0.6 is 0 Å². The fourth-order valence-corrected chi connectivity index (χ4v) is 1.64. The third-order valence-electron chi connectivity index (χ3n) is 3.11. The van der Waals surface area contributed by atoms with Crippen LogP contribution in [0.25, 0.3) is 0 Å². The first-order valence-corrected chi connectivity index (χ1v) is 6.97. The van der Waals surface area contributed by atoms with Crippen molar-refractivity contribution in [1.29, 1.82) is 0 Å². The number of ether oxygens (including phenoxy) is 1. The van der Waals surface area contributed by atoms with Gasteiger partial charge in [0, 0.05) is 25.1 Å². The highest BCUT2D eigenvalue weighted by atomic mass is 16.5. The molecule has 112 valence electrons. The number of hydrogen-bond acceptors (Lipinski definition) is 4. The predicted octanol–water partition coefficient (Wildman–Crippen LogP) is 1.97. The molecule has 1 aromatic rings. The topological polar surface area (TPSA) is 58.6 Å². The lowest BCUT2D eigenvalue weighted by molar-refractivity contribution is -0.149. The third-order valence-corrected chi connectivity index (χ3v) is 3.11. The van der Waals surface area contributed by atoms with Crippen molar-refractivity contribution in [3.05, 3.63) is 35.9 Å². The number of carbonyl (C=O) groups excluding carboxylic acids is 1. The third kappa shape index (κ3) is 6.17. The Kier molecular flexibility index (Phi) is 6.68. The average Bonchev–Trinajstić information content (AvgIpc) is 2.45. The second kappa shape index (κ2) is 8.02. The smallest absolute Gasteiger partial charge is 0.310 e. The molecule has 0 saturated heterocycles. The Morgan fingerprint density at radius 1 is 1.35 bits per heavy atom. The van der Waals surface area contributed by atoms with Gasteiger partial charge in [-0.25, -0.2) is 0 Å². The van der Waals surface area contributed by atoms with Gasteiger partial charge < -0.3 is 15.2 Å². The van der Waals surface area contributed by atoms with Gasteiger partial charge in [-0.3, -0.25) is 4.79 Å².